The van der Waals surface area contributed by atoms with Gasteiger partial charge in [-0.15, -0.1) is 0 Å². The fraction of sp³-hybridized carbons (Fsp3) is 0.364. The number of methoxy groups -OCH3 is 3. The molecule has 1 heterocycles. The topological polar surface area (TPSA) is 112 Å². The van der Waals surface area contributed by atoms with Crippen molar-refractivity contribution in [3.8, 4) is 17.2 Å². The first-order chi connectivity index (χ1) is 15.7. The molecule has 0 saturated heterocycles. The summed E-state index contributed by atoms with van der Waals surface area (Å²) in [7, 11) is 3.99. The number of carbonyl (C=O) groups excluding carboxylic acids is 1. The second kappa shape index (κ2) is 10.1. The number of aromatic nitrogens is 2. The Morgan fingerprint density at radius 1 is 1.06 bits per heavy atom. The smallest absolute Gasteiger partial charge is 0.242 e. The number of sulfonamides is 1. The van der Waals surface area contributed by atoms with Crippen molar-refractivity contribution in [2.75, 3.05) is 40.7 Å². The van der Waals surface area contributed by atoms with Crippen molar-refractivity contribution in [3.05, 3.63) is 36.7 Å². The molecule has 3 aromatic rings. The first-order valence-electron chi connectivity index (χ1n) is 10.2. The highest BCUT2D eigenvalue weighted by Gasteiger charge is 2.18. The van der Waals surface area contributed by atoms with Gasteiger partial charge in [0.2, 0.25) is 21.7 Å². The molecule has 1 amide bonds. The summed E-state index contributed by atoms with van der Waals surface area (Å²) in [6, 6.07) is 8.18. The summed E-state index contributed by atoms with van der Waals surface area (Å²) in [5.41, 5.74) is 1.93. The summed E-state index contributed by atoms with van der Waals surface area (Å²) in [5.74, 6) is 1.19. The van der Waals surface area contributed by atoms with Gasteiger partial charge in [-0.1, -0.05) is 0 Å². The molecule has 0 saturated carbocycles. The van der Waals surface area contributed by atoms with Crippen molar-refractivity contribution in [3.63, 3.8) is 0 Å². The van der Waals surface area contributed by atoms with E-state index in [1.54, 1.807) is 36.7 Å². The number of nitrogens with zero attached hydrogens (tertiary/aromatic N) is 3. The number of amides is 1. The number of hydrogen-bond acceptors (Lipinski definition) is 7. The molecule has 0 bridgehead atoms. The minimum Gasteiger partial charge on any atom is -0.493 e. The number of nitrogens with one attached hydrogen (secondary N) is 1. The molecule has 0 atom stereocenters. The molecule has 1 N–H and O–H groups in total. The zero-order valence-electron chi connectivity index (χ0n) is 19.3. The first-order valence-corrected chi connectivity index (χ1v) is 11.6. The Balaban J connectivity index is 1.64. The average molecular weight is 477 g/mol. The number of aryl methyl sites for hydroxylation is 1. The summed E-state index contributed by atoms with van der Waals surface area (Å²) in [4.78, 5) is 17.0. The van der Waals surface area contributed by atoms with Crippen molar-refractivity contribution >= 4 is 32.7 Å². The van der Waals surface area contributed by atoms with Crippen LogP contribution in [-0.2, 0) is 21.4 Å². The van der Waals surface area contributed by atoms with Gasteiger partial charge in [-0.2, -0.15) is 0 Å². The van der Waals surface area contributed by atoms with Gasteiger partial charge < -0.3 is 24.1 Å². The van der Waals surface area contributed by atoms with Crippen molar-refractivity contribution in [1.82, 2.24) is 13.9 Å². The molecule has 0 aliphatic heterocycles. The molecule has 11 heteroatoms. The van der Waals surface area contributed by atoms with E-state index in [0.29, 0.717) is 41.4 Å². The fourth-order valence-electron chi connectivity index (χ4n) is 3.38. The predicted octanol–water partition coefficient (Wildman–Crippen LogP) is 2.73. The molecule has 178 valence electrons. The van der Waals surface area contributed by atoms with Crippen LogP contribution in [0.1, 0.15) is 12.8 Å². The number of hydrogen-bond donors (Lipinski definition) is 1. The quantitative estimate of drug-likeness (QED) is 0.479. The minimum atomic E-state index is -3.53. The van der Waals surface area contributed by atoms with Crippen LogP contribution in [0, 0.1) is 0 Å². The minimum absolute atomic E-state index is 0.159. The molecule has 2 aromatic carbocycles. The van der Waals surface area contributed by atoms with E-state index in [9.17, 15) is 13.2 Å². The van der Waals surface area contributed by atoms with Gasteiger partial charge in [0.15, 0.2) is 11.5 Å². The molecule has 1 aromatic heterocycles. The molecular weight excluding hydrogens is 448 g/mol. The van der Waals surface area contributed by atoms with Gasteiger partial charge in [0.1, 0.15) is 0 Å². The third-order valence-corrected chi connectivity index (χ3v) is 6.93. The number of ether oxygens (including phenoxy) is 3. The SMILES string of the molecule is COc1cc(NC(=O)CCCn2cnc3cc(S(=O)(=O)N(C)C)ccc32)cc(OC)c1OC. The molecule has 0 radical (unpaired) electrons. The van der Waals surface area contributed by atoms with Crippen molar-refractivity contribution in [2.24, 2.45) is 0 Å². The Kier molecular flexibility index (Phi) is 7.44. The van der Waals surface area contributed by atoms with E-state index in [1.165, 1.54) is 35.4 Å². The second-order valence-electron chi connectivity index (χ2n) is 7.44. The van der Waals surface area contributed by atoms with Gasteiger partial charge in [0, 0.05) is 44.9 Å². The maximum Gasteiger partial charge on any atom is 0.242 e. The predicted molar refractivity (Wildman–Crippen MR) is 125 cm³/mol. The lowest BCUT2D eigenvalue weighted by molar-refractivity contribution is -0.116. The van der Waals surface area contributed by atoms with Crippen molar-refractivity contribution in [2.45, 2.75) is 24.3 Å². The molecular formula is C22H28N4O6S. The van der Waals surface area contributed by atoms with Gasteiger partial charge in [-0.05, 0) is 24.6 Å². The van der Waals surface area contributed by atoms with Crippen LogP contribution in [0.4, 0.5) is 5.69 Å². The monoisotopic (exact) mass is 476 g/mol. The third kappa shape index (κ3) is 5.20. The summed E-state index contributed by atoms with van der Waals surface area (Å²) >= 11 is 0. The lowest BCUT2D eigenvalue weighted by atomic mass is 10.2. The number of rotatable bonds is 10. The zero-order chi connectivity index (χ0) is 24.2. The lowest BCUT2D eigenvalue weighted by Gasteiger charge is -2.14. The fourth-order valence-corrected chi connectivity index (χ4v) is 4.30. The first kappa shape index (κ1) is 24.3. The largest absolute Gasteiger partial charge is 0.493 e. The summed E-state index contributed by atoms with van der Waals surface area (Å²) in [5, 5.41) is 2.84. The van der Waals surface area contributed by atoms with Gasteiger partial charge in [0.05, 0.1) is 43.6 Å². The van der Waals surface area contributed by atoms with Crippen LogP contribution in [0.5, 0.6) is 17.2 Å². The Hall–Kier alpha value is -3.31. The van der Waals surface area contributed by atoms with E-state index < -0.39 is 10.0 Å². The molecule has 0 fully saturated rings. The molecule has 0 spiro atoms. The maximum absolute atomic E-state index is 12.5. The summed E-state index contributed by atoms with van der Waals surface area (Å²) in [6.07, 6.45) is 2.50. The second-order valence-corrected chi connectivity index (χ2v) is 9.59. The Morgan fingerprint density at radius 3 is 2.30 bits per heavy atom. The van der Waals surface area contributed by atoms with E-state index >= 15 is 0 Å². The van der Waals surface area contributed by atoms with E-state index in [2.05, 4.69) is 10.3 Å². The summed E-state index contributed by atoms with van der Waals surface area (Å²) < 4.78 is 43.6. The van der Waals surface area contributed by atoms with E-state index in [-0.39, 0.29) is 17.2 Å². The summed E-state index contributed by atoms with van der Waals surface area (Å²) in [6.45, 7) is 0.555. The van der Waals surface area contributed by atoms with Crippen LogP contribution in [-0.4, -0.2) is 63.6 Å². The highest BCUT2D eigenvalue weighted by Crippen LogP contribution is 2.39. The van der Waals surface area contributed by atoms with Gasteiger partial charge in [-0.3, -0.25) is 4.79 Å². The van der Waals surface area contributed by atoms with Gasteiger partial charge in [0.25, 0.3) is 0 Å². The van der Waals surface area contributed by atoms with Crippen LogP contribution in [0.25, 0.3) is 11.0 Å². The molecule has 0 aliphatic rings. The molecule has 0 aliphatic carbocycles. The maximum atomic E-state index is 12.5. The third-order valence-electron chi connectivity index (χ3n) is 5.12. The van der Waals surface area contributed by atoms with E-state index in [1.807, 2.05) is 4.57 Å². The van der Waals surface area contributed by atoms with E-state index in [0.717, 1.165) is 9.82 Å². The van der Waals surface area contributed by atoms with Gasteiger partial charge in [-0.25, -0.2) is 17.7 Å². The standard InChI is InChI=1S/C22H28N4O6S/c1-25(2)33(28,29)16-8-9-18-17(13-16)23-14-26(18)10-6-7-21(27)24-15-11-19(30-3)22(32-5)20(12-15)31-4/h8-9,11-14H,6-7,10H2,1-5H3,(H,24,27). The molecule has 3 rings (SSSR count). The number of imidazole rings is 1. The highest BCUT2D eigenvalue weighted by molar-refractivity contribution is 7.89. The molecule has 33 heavy (non-hydrogen) atoms. The Bertz CT molecular complexity index is 1230. The lowest BCUT2D eigenvalue weighted by Crippen LogP contribution is -2.22. The van der Waals surface area contributed by atoms with Crippen molar-refractivity contribution < 1.29 is 27.4 Å². The average Bonchev–Trinajstić information content (AvgIpc) is 3.20. The number of fused-ring (bicyclic) bond motifs is 1. The van der Waals surface area contributed by atoms with E-state index in [4.69, 9.17) is 14.2 Å². The normalized spacial score (nSPS) is 11.6. The highest BCUT2D eigenvalue weighted by atomic mass is 32.2. The number of anilines is 1. The van der Waals surface area contributed by atoms with Crippen molar-refractivity contribution in [1.29, 1.82) is 0 Å². The zero-order valence-corrected chi connectivity index (χ0v) is 20.1. The van der Waals surface area contributed by atoms with Crippen LogP contribution >= 0.6 is 0 Å². The Morgan fingerprint density at radius 2 is 1.73 bits per heavy atom. The van der Waals surface area contributed by atoms with Crippen LogP contribution in [0.15, 0.2) is 41.6 Å². The van der Waals surface area contributed by atoms with Crippen LogP contribution in [0.3, 0.4) is 0 Å². The Labute approximate surface area is 193 Å². The molecule has 0 unspecified atom stereocenters. The van der Waals surface area contributed by atoms with Crippen LogP contribution < -0.4 is 19.5 Å². The number of carbonyl (C=O) groups is 1. The van der Waals surface area contributed by atoms with Gasteiger partial charge >= 0.3 is 0 Å². The van der Waals surface area contributed by atoms with Crippen LogP contribution in [0.2, 0.25) is 0 Å². The number of benzene rings is 2. The molecule has 10 nitrogen and oxygen atoms in total.